The molecule has 2 aromatic rings. The van der Waals surface area contributed by atoms with Gasteiger partial charge in [-0.05, 0) is 42.5 Å². The van der Waals surface area contributed by atoms with Crippen LogP contribution in [0.1, 0.15) is 20.3 Å². The normalized spacial score (nSPS) is 21.1. The molecule has 10 heteroatoms. The number of hydrogen-bond acceptors (Lipinski definition) is 6. The van der Waals surface area contributed by atoms with Crippen molar-refractivity contribution in [2.24, 2.45) is 11.8 Å². The molecule has 1 fully saturated rings. The number of piperidine rings is 1. The predicted molar refractivity (Wildman–Crippen MR) is 104 cm³/mol. The third-order valence-corrected chi connectivity index (χ3v) is 7.07. The molecule has 1 aromatic heterocycles. The van der Waals surface area contributed by atoms with Crippen LogP contribution >= 0.6 is 11.8 Å². The second kappa shape index (κ2) is 8.41. The standard InChI is InChI=1S/C17H23N5O3S2/c1-12-7-13(2)9-22(8-12)27(24,25)15-5-3-14(4-6-15)20-16(23)10-26-17-18-11-19-21-17/h3-6,11-13H,7-10H2,1-2H3,(H,20,23)(H,18,19,21)/t12-,13-/m1/s1. The van der Waals surface area contributed by atoms with E-state index in [1.165, 1.54) is 18.1 Å². The van der Waals surface area contributed by atoms with Gasteiger partial charge in [-0.25, -0.2) is 13.4 Å². The quantitative estimate of drug-likeness (QED) is 0.708. The molecule has 0 unspecified atom stereocenters. The van der Waals surface area contributed by atoms with Crippen LogP contribution in [-0.2, 0) is 14.8 Å². The number of thioether (sulfide) groups is 1. The third-order valence-electron chi connectivity index (χ3n) is 4.34. The first kappa shape index (κ1) is 19.8. The van der Waals surface area contributed by atoms with E-state index in [0.29, 0.717) is 35.8 Å². The fraction of sp³-hybridized carbons (Fsp3) is 0.471. The molecule has 2 atom stereocenters. The average molecular weight is 410 g/mol. The number of rotatable bonds is 6. The van der Waals surface area contributed by atoms with Crippen LogP contribution < -0.4 is 5.32 Å². The first-order valence-corrected chi connectivity index (χ1v) is 11.2. The predicted octanol–water partition coefficient (Wildman–Crippen LogP) is 2.20. The number of hydrogen-bond donors (Lipinski definition) is 2. The molecule has 1 aliphatic heterocycles. The number of nitrogens with zero attached hydrogens (tertiary/aromatic N) is 3. The van der Waals surface area contributed by atoms with Crippen LogP contribution in [0, 0.1) is 11.8 Å². The smallest absolute Gasteiger partial charge is 0.243 e. The van der Waals surface area contributed by atoms with Crippen LogP contribution in [0.4, 0.5) is 5.69 Å². The van der Waals surface area contributed by atoms with E-state index in [0.717, 1.165) is 6.42 Å². The number of amides is 1. The molecule has 0 saturated carbocycles. The monoisotopic (exact) mass is 409 g/mol. The summed E-state index contributed by atoms with van der Waals surface area (Å²) in [6, 6.07) is 6.30. The molecule has 2 N–H and O–H groups in total. The van der Waals surface area contributed by atoms with Crippen LogP contribution in [0.3, 0.4) is 0 Å². The Labute approximate surface area is 163 Å². The molecule has 0 bridgehead atoms. The van der Waals surface area contributed by atoms with Crippen molar-refractivity contribution in [3.05, 3.63) is 30.6 Å². The highest BCUT2D eigenvalue weighted by Crippen LogP contribution is 2.27. The summed E-state index contributed by atoms with van der Waals surface area (Å²) in [6.45, 7) is 5.25. The number of sulfonamides is 1. The Balaban J connectivity index is 1.61. The van der Waals surface area contributed by atoms with Gasteiger partial charge >= 0.3 is 0 Å². The van der Waals surface area contributed by atoms with E-state index < -0.39 is 10.0 Å². The lowest BCUT2D eigenvalue weighted by molar-refractivity contribution is -0.113. The lowest BCUT2D eigenvalue weighted by Gasteiger charge is -2.34. The molecule has 1 aromatic carbocycles. The lowest BCUT2D eigenvalue weighted by atomic mass is 9.94. The SMILES string of the molecule is C[C@@H]1C[C@@H](C)CN(S(=O)(=O)c2ccc(NC(=O)CSc3ncn[nH]3)cc2)C1. The maximum absolute atomic E-state index is 12.9. The number of aromatic amines is 1. The molecule has 0 spiro atoms. The summed E-state index contributed by atoms with van der Waals surface area (Å²) >= 11 is 1.24. The fourth-order valence-corrected chi connectivity index (χ4v) is 5.51. The van der Waals surface area contributed by atoms with E-state index >= 15 is 0 Å². The molecule has 2 heterocycles. The minimum Gasteiger partial charge on any atom is -0.325 e. The zero-order valence-electron chi connectivity index (χ0n) is 15.3. The summed E-state index contributed by atoms with van der Waals surface area (Å²) in [5.74, 6) is 0.678. The van der Waals surface area contributed by atoms with Gasteiger partial charge < -0.3 is 5.32 Å². The number of anilines is 1. The van der Waals surface area contributed by atoms with Crippen LogP contribution in [0.5, 0.6) is 0 Å². The van der Waals surface area contributed by atoms with E-state index in [-0.39, 0.29) is 16.6 Å². The maximum atomic E-state index is 12.9. The van der Waals surface area contributed by atoms with E-state index in [4.69, 9.17) is 0 Å². The maximum Gasteiger partial charge on any atom is 0.243 e. The molecule has 146 valence electrons. The fourth-order valence-electron chi connectivity index (χ4n) is 3.26. The molecule has 3 rings (SSSR count). The van der Waals surface area contributed by atoms with Gasteiger partial charge in [-0.2, -0.15) is 9.40 Å². The first-order valence-electron chi connectivity index (χ1n) is 8.73. The summed E-state index contributed by atoms with van der Waals surface area (Å²) in [5, 5.41) is 9.70. The topological polar surface area (TPSA) is 108 Å². The molecule has 0 aliphatic carbocycles. The summed E-state index contributed by atoms with van der Waals surface area (Å²) in [6.07, 6.45) is 2.42. The van der Waals surface area contributed by atoms with Gasteiger partial charge in [0.1, 0.15) is 6.33 Å². The minimum atomic E-state index is -3.52. The van der Waals surface area contributed by atoms with Crippen molar-refractivity contribution in [2.75, 3.05) is 24.2 Å². The second-order valence-electron chi connectivity index (χ2n) is 6.92. The van der Waals surface area contributed by atoms with Crippen LogP contribution in [0.25, 0.3) is 0 Å². The van der Waals surface area contributed by atoms with Gasteiger partial charge in [0.15, 0.2) is 5.16 Å². The number of nitrogens with one attached hydrogen (secondary N) is 2. The Morgan fingerprint density at radius 3 is 2.52 bits per heavy atom. The highest BCUT2D eigenvalue weighted by molar-refractivity contribution is 7.99. The van der Waals surface area contributed by atoms with Gasteiger partial charge in [0.05, 0.1) is 10.6 Å². The van der Waals surface area contributed by atoms with Crippen molar-refractivity contribution in [1.82, 2.24) is 19.5 Å². The number of benzene rings is 1. The van der Waals surface area contributed by atoms with Crippen molar-refractivity contribution in [3.63, 3.8) is 0 Å². The zero-order chi connectivity index (χ0) is 19.4. The Morgan fingerprint density at radius 2 is 1.93 bits per heavy atom. The summed E-state index contributed by atoms with van der Waals surface area (Å²) in [5.41, 5.74) is 0.553. The van der Waals surface area contributed by atoms with Crippen molar-refractivity contribution in [3.8, 4) is 0 Å². The van der Waals surface area contributed by atoms with Crippen molar-refractivity contribution >= 4 is 33.4 Å². The summed E-state index contributed by atoms with van der Waals surface area (Å²) in [4.78, 5) is 16.2. The highest BCUT2D eigenvalue weighted by atomic mass is 32.2. The molecule has 1 saturated heterocycles. The van der Waals surface area contributed by atoms with Gasteiger partial charge in [-0.15, -0.1) is 0 Å². The first-order chi connectivity index (χ1) is 12.8. The second-order valence-corrected chi connectivity index (χ2v) is 9.82. The molecule has 0 radical (unpaired) electrons. The molecule has 1 aliphatic rings. The number of aromatic nitrogens is 3. The zero-order valence-corrected chi connectivity index (χ0v) is 16.9. The third kappa shape index (κ3) is 5.08. The van der Waals surface area contributed by atoms with E-state index in [1.807, 2.05) is 0 Å². The molecule has 8 nitrogen and oxygen atoms in total. The van der Waals surface area contributed by atoms with E-state index in [9.17, 15) is 13.2 Å². The lowest BCUT2D eigenvalue weighted by Crippen LogP contribution is -2.42. The van der Waals surface area contributed by atoms with Gasteiger partial charge in [0.25, 0.3) is 0 Å². The van der Waals surface area contributed by atoms with Crippen molar-refractivity contribution in [1.29, 1.82) is 0 Å². The van der Waals surface area contributed by atoms with Gasteiger partial charge in [0.2, 0.25) is 15.9 Å². The van der Waals surface area contributed by atoms with Gasteiger partial charge in [-0.3, -0.25) is 9.89 Å². The van der Waals surface area contributed by atoms with Crippen molar-refractivity contribution in [2.45, 2.75) is 30.3 Å². The Morgan fingerprint density at radius 1 is 1.26 bits per heavy atom. The molecule has 1 amide bonds. The largest absolute Gasteiger partial charge is 0.325 e. The summed E-state index contributed by atoms with van der Waals surface area (Å²) in [7, 11) is -3.52. The Bertz CT molecular complexity index is 858. The van der Waals surface area contributed by atoms with Crippen LogP contribution in [0.2, 0.25) is 0 Å². The minimum absolute atomic E-state index is 0.179. The number of carbonyl (C=O) groups excluding carboxylic acids is 1. The number of carbonyl (C=O) groups is 1. The van der Waals surface area contributed by atoms with Gasteiger partial charge in [-0.1, -0.05) is 25.6 Å². The molecular weight excluding hydrogens is 386 g/mol. The molecule has 27 heavy (non-hydrogen) atoms. The Kier molecular flexibility index (Phi) is 6.18. The highest BCUT2D eigenvalue weighted by Gasteiger charge is 2.31. The molecular formula is C17H23N5O3S2. The van der Waals surface area contributed by atoms with E-state index in [2.05, 4.69) is 34.3 Å². The van der Waals surface area contributed by atoms with E-state index in [1.54, 1.807) is 28.6 Å². The van der Waals surface area contributed by atoms with Crippen LogP contribution in [-0.4, -0.2) is 52.7 Å². The Hall–Kier alpha value is -1.91. The van der Waals surface area contributed by atoms with Crippen LogP contribution in [0.15, 0.2) is 40.6 Å². The van der Waals surface area contributed by atoms with Gasteiger partial charge in [0, 0.05) is 18.8 Å². The summed E-state index contributed by atoms with van der Waals surface area (Å²) < 4.78 is 27.3. The van der Waals surface area contributed by atoms with Crippen molar-refractivity contribution < 1.29 is 13.2 Å². The number of H-pyrrole nitrogens is 1. The average Bonchev–Trinajstić information content (AvgIpc) is 3.13.